The van der Waals surface area contributed by atoms with Gasteiger partial charge < -0.3 is 20.3 Å². The Labute approximate surface area is 137 Å². The Morgan fingerprint density at radius 3 is 2.70 bits per heavy atom. The highest BCUT2D eigenvalue weighted by molar-refractivity contribution is 5.80. The summed E-state index contributed by atoms with van der Waals surface area (Å²) in [5.74, 6) is 0. The van der Waals surface area contributed by atoms with Gasteiger partial charge in [-0.05, 0) is 29.4 Å². The van der Waals surface area contributed by atoms with Crippen LogP contribution in [0.1, 0.15) is 32.9 Å². The van der Waals surface area contributed by atoms with Gasteiger partial charge in [-0.1, -0.05) is 39.0 Å². The molecule has 0 saturated carbocycles. The molecule has 0 aliphatic carbocycles. The Kier molecular flexibility index (Phi) is 5.66. The normalized spacial score (nSPS) is 11.7. The number of aromatic nitrogens is 1. The number of aliphatic hydroxyl groups is 1. The van der Waals surface area contributed by atoms with E-state index in [0.29, 0.717) is 26.1 Å². The number of benzene rings is 1. The van der Waals surface area contributed by atoms with Crippen LogP contribution in [0.2, 0.25) is 0 Å². The molecule has 0 fully saturated rings. The second kappa shape index (κ2) is 7.51. The van der Waals surface area contributed by atoms with E-state index in [-0.39, 0.29) is 18.1 Å². The summed E-state index contributed by atoms with van der Waals surface area (Å²) in [6.45, 7) is 8.08. The zero-order valence-electron chi connectivity index (χ0n) is 14.2. The molecule has 1 heterocycles. The van der Waals surface area contributed by atoms with Gasteiger partial charge in [-0.25, -0.2) is 4.79 Å². The van der Waals surface area contributed by atoms with Crippen LogP contribution in [0.25, 0.3) is 10.9 Å². The molecule has 5 nitrogen and oxygen atoms in total. The smallest absolute Gasteiger partial charge is 0.317 e. The number of H-pyrrole nitrogens is 1. The fraction of sp³-hybridized carbons (Fsp3) is 0.500. The number of hydrogen-bond acceptors (Lipinski definition) is 2. The van der Waals surface area contributed by atoms with Crippen molar-refractivity contribution in [1.82, 2.24) is 15.2 Å². The predicted molar refractivity (Wildman–Crippen MR) is 93.3 cm³/mol. The number of nitrogens with zero attached hydrogens (tertiary/aromatic N) is 1. The molecule has 5 heteroatoms. The topological polar surface area (TPSA) is 68.4 Å². The monoisotopic (exact) mass is 317 g/mol. The number of nitrogens with one attached hydrogen (secondary N) is 2. The van der Waals surface area contributed by atoms with Crippen LogP contribution in [-0.4, -0.2) is 40.7 Å². The molecule has 3 N–H and O–H groups in total. The lowest BCUT2D eigenvalue weighted by atomic mass is 9.96. The van der Waals surface area contributed by atoms with Gasteiger partial charge in [-0.2, -0.15) is 0 Å². The van der Waals surface area contributed by atoms with Gasteiger partial charge in [0.1, 0.15) is 0 Å². The fourth-order valence-electron chi connectivity index (χ4n) is 2.60. The van der Waals surface area contributed by atoms with Crippen molar-refractivity contribution in [2.45, 2.75) is 33.7 Å². The largest absolute Gasteiger partial charge is 0.396 e. The van der Waals surface area contributed by atoms with E-state index >= 15 is 0 Å². The first-order chi connectivity index (χ1) is 10.9. The molecule has 0 atom stereocenters. The van der Waals surface area contributed by atoms with Crippen molar-refractivity contribution in [3.8, 4) is 0 Å². The van der Waals surface area contributed by atoms with Gasteiger partial charge in [0.15, 0.2) is 0 Å². The van der Waals surface area contributed by atoms with Crippen LogP contribution < -0.4 is 5.32 Å². The molecule has 0 spiro atoms. The molecule has 0 unspecified atom stereocenters. The van der Waals surface area contributed by atoms with E-state index < -0.39 is 0 Å². The number of aromatic amines is 1. The summed E-state index contributed by atoms with van der Waals surface area (Å²) in [5.41, 5.74) is 2.08. The Bertz CT molecular complexity index is 610. The number of rotatable bonds is 6. The summed E-state index contributed by atoms with van der Waals surface area (Å²) in [5, 5.41) is 13.1. The third-order valence-electron chi connectivity index (χ3n) is 3.55. The minimum atomic E-state index is -0.0907. The summed E-state index contributed by atoms with van der Waals surface area (Å²) >= 11 is 0. The Morgan fingerprint density at radius 1 is 1.30 bits per heavy atom. The van der Waals surface area contributed by atoms with E-state index in [2.05, 4.69) is 37.1 Å². The van der Waals surface area contributed by atoms with Crippen LogP contribution in [0.15, 0.2) is 30.3 Å². The average Bonchev–Trinajstić information content (AvgIpc) is 2.90. The van der Waals surface area contributed by atoms with Crippen molar-refractivity contribution >= 4 is 16.9 Å². The van der Waals surface area contributed by atoms with Gasteiger partial charge in [0.2, 0.25) is 0 Å². The first-order valence-electron chi connectivity index (χ1n) is 8.09. The second-order valence-corrected chi connectivity index (χ2v) is 7.10. The molecule has 2 rings (SSSR count). The second-order valence-electron chi connectivity index (χ2n) is 7.10. The summed E-state index contributed by atoms with van der Waals surface area (Å²) in [6, 6.07) is 10.0. The van der Waals surface area contributed by atoms with Crippen molar-refractivity contribution in [2.75, 3.05) is 19.7 Å². The molecule has 126 valence electrons. The van der Waals surface area contributed by atoms with Crippen molar-refractivity contribution in [3.05, 3.63) is 36.0 Å². The molecule has 1 aromatic heterocycles. The third-order valence-corrected chi connectivity index (χ3v) is 3.55. The third kappa shape index (κ3) is 5.28. The molecular weight excluding hydrogens is 290 g/mol. The summed E-state index contributed by atoms with van der Waals surface area (Å²) in [6.07, 6.45) is 0.593. The van der Waals surface area contributed by atoms with E-state index in [1.54, 1.807) is 4.90 Å². The van der Waals surface area contributed by atoms with E-state index in [1.807, 2.05) is 24.3 Å². The molecule has 1 aromatic carbocycles. The maximum Gasteiger partial charge on any atom is 0.317 e. The lowest BCUT2D eigenvalue weighted by Gasteiger charge is -2.30. The number of amides is 2. The van der Waals surface area contributed by atoms with Gasteiger partial charge >= 0.3 is 6.03 Å². The number of hydrogen-bond donors (Lipinski definition) is 3. The molecule has 0 saturated heterocycles. The first-order valence-corrected chi connectivity index (χ1v) is 8.09. The van der Waals surface area contributed by atoms with Gasteiger partial charge in [0.25, 0.3) is 0 Å². The van der Waals surface area contributed by atoms with E-state index in [0.717, 1.165) is 16.6 Å². The number of para-hydroxylation sites is 1. The SMILES string of the molecule is CC(C)(C)CN(CCCO)C(=O)NCc1cc2ccccc2[nH]1. The average molecular weight is 317 g/mol. The van der Waals surface area contributed by atoms with Crippen molar-refractivity contribution in [1.29, 1.82) is 0 Å². The van der Waals surface area contributed by atoms with Gasteiger partial charge in [-0.15, -0.1) is 0 Å². The van der Waals surface area contributed by atoms with Crippen molar-refractivity contribution in [3.63, 3.8) is 0 Å². The van der Waals surface area contributed by atoms with Crippen molar-refractivity contribution < 1.29 is 9.90 Å². The molecular formula is C18H27N3O2. The lowest BCUT2D eigenvalue weighted by molar-refractivity contribution is 0.164. The van der Waals surface area contributed by atoms with E-state index in [9.17, 15) is 4.79 Å². The van der Waals surface area contributed by atoms with Crippen LogP contribution in [0.3, 0.4) is 0 Å². The number of aliphatic hydroxyl groups excluding tert-OH is 1. The molecule has 23 heavy (non-hydrogen) atoms. The number of carbonyl (C=O) groups is 1. The molecule has 0 radical (unpaired) electrons. The maximum atomic E-state index is 12.4. The van der Waals surface area contributed by atoms with Crippen LogP contribution in [0, 0.1) is 5.41 Å². The summed E-state index contributed by atoms with van der Waals surface area (Å²) < 4.78 is 0. The van der Waals surface area contributed by atoms with Crippen LogP contribution in [-0.2, 0) is 6.54 Å². The fourth-order valence-corrected chi connectivity index (χ4v) is 2.60. The number of carbonyl (C=O) groups excluding carboxylic acids is 1. The zero-order valence-corrected chi connectivity index (χ0v) is 14.2. The van der Waals surface area contributed by atoms with E-state index in [4.69, 9.17) is 5.11 Å². The summed E-state index contributed by atoms with van der Waals surface area (Å²) in [4.78, 5) is 17.5. The minimum Gasteiger partial charge on any atom is -0.396 e. The maximum absolute atomic E-state index is 12.4. The highest BCUT2D eigenvalue weighted by Crippen LogP contribution is 2.16. The molecule has 0 bridgehead atoms. The Balaban J connectivity index is 1.96. The number of urea groups is 1. The molecule has 0 aliphatic rings. The lowest BCUT2D eigenvalue weighted by Crippen LogP contribution is -2.44. The molecule has 2 amide bonds. The van der Waals surface area contributed by atoms with E-state index in [1.165, 1.54) is 0 Å². The van der Waals surface area contributed by atoms with Gasteiger partial charge in [-0.3, -0.25) is 0 Å². The highest BCUT2D eigenvalue weighted by Gasteiger charge is 2.20. The molecule has 2 aromatic rings. The quantitative estimate of drug-likeness (QED) is 0.766. The van der Waals surface area contributed by atoms with Crippen LogP contribution >= 0.6 is 0 Å². The number of fused-ring (bicyclic) bond motifs is 1. The zero-order chi connectivity index (χ0) is 16.9. The summed E-state index contributed by atoms with van der Waals surface area (Å²) in [7, 11) is 0. The van der Waals surface area contributed by atoms with Gasteiger partial charge in [0.05, 0.1) is 6.54 Å². The predicted octanol–water partition coefficient (Wildman–Crippen LogP) is 3.11. The standard InChI is InChI=1S/C18H27N3O2/c1-18(2,3)13-21(9-6-10-22)17(23)19-12-15-11-14-7-4-5-8-16(14)20-15/h4-5,7-8,11,20,22H,6,9-10,12-13H2,1-3H3,(H,19,23). The van der Waals surface area contributed by atoms with Crippen LogP contribution in [0.4, 0.5) is 4.79 Å². The Morgan fingerprint density at radius 2 is 2.04 bits per heavy atom. The Hall–Kier alpha value is -2.01. The van der Waals surface area contributed by atoms with Gasteiger partial charge in [0, 0.05) is 30.9 Å². The minimum absolute atomic E-state index is 0.0217. The highest BCUT2D eigenvalue weighted by atomic mass is 16.3. The molecule has 0 aliphatic heterocycles. The van der Waals surface area contributed by atoms with Crippen molar-refractivity contribution in [2.24, 2.45) is 5.41 Å². The first kappa shape index (κ1) is 17.3. The van der Waals surface area contributed by atoms with Crippen LogP contribution in [0.5, 0.6) is 0 Å².